The molecule has 0 saturated carbocycles. The summed E-state index contributed by atoms with van der Waals surface area (Å²) in [5.74, 6) is -1.07. The first kappa shape index (κ1) is 20.0. The molecule has 2 amide bonds. The number of carbonyl (C=O) groups is 3. The number of nitrogens with one attached hydrogen (secondary N) is 2. The molecule has 128 valence electrons. The van der Waals surface area contributed by atoms with Gasteiger partial charge in [-0.1, -0.05) is 0 Å². The predicted octanol–water partition coefficient (Wildman–Crippen LogP) is 0.855. The number of rotatable bonds is 3. The number of alkyl carbamates (subject to hydrolysis) is 1. The third kappa shape index (κ3) is 9.81. The smallest absolute Gasteiger partial charge is 0.441 e. The summed E-state index contributed by atoms with van der Waals surface area (Å²) in [4.78, 5) is 38.9. The van der Waals surface area contributed by atoms with E-state index in [1.54, 1.807) is 47.0 Å². The van der Waals surface area contributed by atoms with Crippen LogP contribution in [0.1, 0.15) is 41.5 Å². The lowest BCUT2D eigenvalue weighted by atomic mass is 10.2. The predicted molar refractivity (Wildman–Crippen MR) is 75.7 cm³/mol. The molecule has 0 heterocycles. The van der Waals surface area contributed by atoms with E-state index in [1.807, 2.05) is 0 Å². The molecule has 0 aromatic carbocycles. The molecule has 0 aliphatic heterocycles. The monoisotopic (exact) mass is 320 g/mol. The summed E-state index contributed by atoms with van der Waals surface area (Å²) in [5, 5.41) is 11.2. The summed E-state index contributed by atoms with van der Waals surface area (Å²) in [6, 6.07) is -1.38. The van der Waals surface area contributed by atoms with Crippen molar-refractivity contribution < 1.29 is 33.8 Å². The summed E-state index contributed by atoms with van der Waals surface area (Å²) in [6.45, 7) is 9.10. The van der Waals surface area contributed by atoms with Crippen LogP contribution in [0.2, 0.25) is 0 Å². The number of hydrogen-bond donors (Lipinski definition) is 3. The van der Waals surface area contributed by atoms with E-state index in [2.05, 4.69) is 10.2 Å². The zero-order valence-corrected chi connectivity index (χ0v) is 13.7. The first-order valence-corrected chi connectivity index (χ1v) is 6.64. The van der Waals surface area contributed by atoms with Gasteiger partial charge in [-0.05, 0) is 41.5 Å². The Kier molecular flexibility index (Phi) is 7.11. The Labute approximate surface area is 129 Å². The van der Waals surface area contributed by atoms with Crippen LogP contribution in [-0.4, -0.2) is 47.1 Å². The summed E-state index contributed by atoms with van der Waals surface area (Å²) in [6.07, 6.45) is -1.88. The highest BCUT2D eigenvalue weighted by molar-refractivity contribution is 5.82. The van der Waals surface area contributed by atoms with Gasteiger partial charge < -0.3 is 24.7 Å². The Hall–Kier alpha value is -2.03. The van der Waals surface area contributed by atoms with E-state index in [-0.39, 0.29) is 0 Å². The second-order valence-corrected chi connectivity index (χ2v) is 6.41. The van der Waals surface area contributed by atoms with Gasteiger partial charge in [-0.15, -0.1) is 5.48 Å². The first-order chi connectivity index (χ1) is 9.84. The number of hydrogen-bond acceptors (Lipinski definition) is 7. The van der Waals surface area contributed by atoms with Crippen LogP contribution in [0.4, 0.5) is 9.59 Å². The fourth-order valence-corrected chi connectivity index (χ4v) is 1.09. The van der Waals surface area contributed by atoms with Crippen molar-refractivity contribution in [3.8, 4) is 0 Å². The topological polar surface area (TPSA) is 123 Å². The van der Waals surface area contributed by atoms with E-state index in [4.69, 9.17) is 14.6 Å². The highest BCUT2D eigenvalue weighted by Gasteiger charge is 2.26. The van der Waals surface area contributed by atoms with Crippen LogP contribution < -0.4 is 10.8 Å². The van der Waals surface area contributed by atoms with E-state index >= 15 is 0 Å². The van der Waals surface area contributed by atoms with Crippen molar-refractivity contribution in [3.63, 3.8) is 0 Å². The summed E-state index contributed by atoms with van der Waals surface area (Å²) < 4.78 is 9.78. The van der Waals surface area contributed by atoms with Gasteiger partial charge in [0.25, 0.3) is 0 Å². The molecule has 0 unspecified atom stereocenters. The fourth-order valence-electron chi connectivity index (χ4n) is 1.09. The Morgan fingerprint density at radius 2 is 1.41 bits per heavy atom. The third-order valence-corrected chi connectivity index (χ3v) is 1.79. The molecule has 0 aliphatic carbocycles. The van der Waals surface area contributed by atoms with E-state index in [9.17, 15) is 14.4 Å². The van der Waals surface area contributed by atoms with Gasteiger partial charge in [-0.3, -0.25) is 0 Å². The largest absolute Gasteiger partial charge is 0.444 e. The van der Waals surface area contributed by atoms with Crippen molar-refractivity contribution in [3.05, 3.63) is 0 Å². The van der Waals surface area contributed by atoms with Crippen molar-refractivity contribution in [2.24, 2.45) is 0 Å². The van der Waals surface area contributed by atoms with Gasteiger partial charge in [0.2, 0.25) is 0 Å². The number of aliphatic hydroxyl groups is 1. The minimum Gasteiger partial charge on any atom is -0.444 e. The third-order valence-electron chi connectivity index (χ3n) is 1.79. The minimum atomic E-state index is -1.38. The van der Waals surface area contributed by atoms with Crippen LogP contribution in [0, 0.1) is 0 Å². The Morgan fingerprint density at radius 3 is 1.82 bits per heavy atom. The highest BCUT2D eigenvalue weighted by atomic mass is 16.7. The van der Waals surface area contributed by atoms with Crippen LogP contribution in [0.15, 0.2) is 0 Å². The summed E-state index contributed by atoms with van der Waals surface area (Å²) in [7, 11) is 0. The van der Waals surface area contributed by atoms with Crippen molar-refractivity contribution in [2.45, 2.75) is 58.8 Å². The molecular weight excluding hydrogens is 296 g/mol. The van der Waals surface area contributed by atoms with Gasteiger partial charge in [-0.2, -0.15) is 0 Å². The molecule has 0 spiro atoms. The molecule has 0 saturated heterocycles. The Bertz CT molecular complexity index is 410. The molecule has 9 nitrogen and oxygen atoms in total. The molecular formula is C13H24N2O7. The molecule has 3 N–H and O–H groups in total. The zero-order valence-electron chi connectivity index (χ0n) is 13.7. The highest BCUT2D eigenvalue weighted by Crippen LogP contribution is 2.07. The molecule has 9 heteroatoms. The fraction of sp³-hybridized carbons (Fsp3) is 0.769. The molecule has 1 atom stereocenters. The lowest BCUT2D eigenvalue weighted by Gasteiger charge is -2.22. The number of ether oxygens (including phenoxy) is 2. The van der Waals surface area contributed by atoms with Gasteiger partial charge in [0.05, 0.1) is 6.61 Å². The van der Waals surface area contributed by atoms with Crippen molar-refractivity contribution in [2.75, 3.05) is 6.61 Å². The standard InChI is InChI=1S/C13H24N2O7/c1-12(2,3)20-10(18)14-8(7-16)9(17)22-15-11(19)21-13(4,5)6/h8,16H,7H2,1-6H3,(H,14,18)(H,15,19)/t8-/m0/s1. The van der Waals surface area contributed by atoms with Crippen LogP contribution >= 0.6 is 0 Å². The van der Waals surface area contributed by atoms with E-state index in [1.165, 1.54) is 0 Å². The first-order valence-electron chi connectivity index (χ1n) is 6.64. The van der Waals surface area contributed by atoms with Crippen molar-refractivity contribution in [1.82, 2.24) is 10.8 Å². The normalized spacial score (nSPS) is 12.9. The molecule has 0 aliphatic rings. The maximum atomic E-state index is 11.6. The second kappa shape index (κ2) is 7.83. The molecule has 0 aromatic rings. The van der Waals surface area contributed by atoms with Crippen molar-refractivity contribution in [1.29, 1.82) is 0 Å². The van der Waals surface area contributed by atoms with E-state index in [0.29, 0.717) is 0 Å². The van der Waals surface area contributed by atoms with Crippen LogP contribution in [0.5, 0.6) is 0 Å². The maximum Gasteiger partial charge on any atom is 0.441 e. The van der Waals surface area contributed by atoms with Gasteiger partial charge in [0.15, 0.2) is 6.04 Å². The average Bonchev–Trinajstić information content (AvgIpc) is 2.28. The molecule has 22 heavy (non-hydrogen) atoms. The summed E-state index contributed by atoms with van der Waals surface area (Å²) >= 11 is 0. The van der Waals surface area contributed by atoms with Crippen molar-refractivity contribution >= 4 is 18.2 Å². The van der Waals surface area contributed by atoms with Crippen LogP contribution in [0.25, 0.3) is 0 Å². The molecule has 0 fully saturated rings. The number of aliphatic hydroxyl groups excluding tert-OH is 1. The molecule has 0 bridgehead atoms. The Morgan fingerprint density at radius 1 is 0.955 bits per heavy atom. The second-order valence-electron chi connectivity index (χ2n) is 6.41. The minimum absolute atomic E-state index is 0.728. The van der Waals surface area contributed by atoms with Crippen LogP contribution in [0.3, 0.4) is 0 Å². The van der Waals surface area contributed by atoms with Gasteiger partial charge in [-0.25, -0.2) is 14.4 Å². The average molecular weight is 320 g/mol. The number of hydroxylamine groups is 1. The lowest BCUT2D eigenvalue weighted by Crippen LogP contribution is -2.48. The van der Waals surface area contributed by atoms with Gasteiger partial charge >= 0.3 is 18.2 Å². The zero-order chi connectivity index (χ0) is 17.6. The SMILES string of the molecule is CC(C)(C)OC(=O)NOC(=O)[C@H](CO)NC(=O)OC(C)(C)C. The van der Waals surface area contributed by atoms with E-state index in [0.717, 1.165) is 0 Å². The number of carbonyl (C=O) groups excluding carboxylic acids is 3. The Balaban J connectivity index is 4.37. The van der Waals surface area contributed by atoms with Gasteiger partial charge in [0, 0.05) is 0 Å². The summed E-state index contributed by atoms with van der Waals surface area (Å²) in [5.41, 5.74) is 0.238. The number of amides is 2. The van der Waals surface area contributed by atoms with Gasteiger partial charge in [0.1, 0.15) is 11.2 Å². The van der Waals surface area contributed by atoms with E-state index < -0.39 is 42.0 Å². The lowest BCUT2D eigenvalue weighted by molar-refractivity contribution is -0.154. The van der Waals surface area contributed by atoms with Crippen LogP contribution in [-0.2, 0) is 19.1 Å². The quantitative estimate of drug-likeness (QED) is 0.520. The maximum absolute atomic E-state index is 11.6. The molecule has 0 rings (SSSR count). The molecule has 0 aromatic heterocycles. The molecule has 0 radical (unpaired) electrons.